The maximum Gasteiger partial charge on any atom is 0.120 e. The Kier molecular flexibility index (Phi) is 7.05. The van der Waals surface area contributed by atoms with Gasteiger partial charge < -0.3 is 4.79 Å². The standard InChI is InChI=1S/C16H21N3O/c1-4-5-6-11-19(3)18-16(8-7-12-20)15-10-9-14(2)13-17-15/h9-10,12-13H,4,7-8,11H2,1-3H3/b18-16+. The third-order valence-corrected chi connectivity index (χ3v) is 2.61. The highest BCUT2D eigenvalue weighted by atomic mass is 16.1. The topological polar surface area (TPSA) is 45.6 Å². The van der Waals surface area contributed by atoms with Gasteiger partial charge >= 0.3 is 0 Å². The van der Waals surface area contributed by atoms with Crippen LogP contribution in [-0.2, 0) is 4.79 Å². The highest BCUT2D eigenvalue weighted by Gasteiger charge is 2.06. The average Bonchev–Trinajstić information content (AvgIpc) is 2.44. The SMILES string of the molecule is CCC#CCN(C)/N=C(\CCC=O)c1ccc(C)cn1. The predicted octanol–water partition coefficient (Wildman–Crippen LogP) is 2.42. The van der Waals surface area contributed by atoms with Crippen LogP contribution in [0.2, 0.25) is 0 Å². The molecular weight excluding hydrogens is 250 g/mol. The summed E-state index contributed by atoms with van der Waals surface area (Å²) in [6.07, 6.45) is 4.59. The van der Waals surface area contributed by atoms with Crippen molar-refractivity contribution in [1.29, 1.82) is 0 Å². The van der Waals surface area contributed by atoms with Gasteiger partial charge in [0, 0.05) is 32.5 Å². The Morgan fingerprint density at radius 1 is 1.45 bits per heavy atom. The Hall–Kier alpha value is -2.15. The molecule has 0 unspecified atom stereocenters. The van der Waals surface area contributed by atoms with Crippen LogP contribution in [0.15, 0.2) is 23.4 Å². The Bertz CT molecular complexity index is 509. The molecule has 0 aliphatic heterocycles. The summed E-state index contributed by atoms with van der Waals surface area (Å²) in [6, 6.07) is 3.93. The highest BCUT2D eigenvalue weighted by molar-refractivity contribution is 5.99. The van der Waals surface area contributed by atoms with Crippen LogP contribution < -0.4 is 0 Å². The van der Waals surface area contributed by atoms with E-state index in [-0.39, 0.29) is 0 Å². The van der Waals surface area contributed by atoms with Crippen molar-refractivity contribution in [3.63, 3.8) is 0 Å². The van der Waals surface area contributed by atoms with E-state index in [0.29, 0.717) is 19.4 Å². The summed E-state index contributed by atoms with van der Waals surface area (Å²) >= 11 is 0. The van der Waals surface area contributed by atoms with Crippen molar-refractivity contribution in [3.05, 3.63) is 29.6 Å². The van der Waals surface area contributed by atoms with E-state index in [1.54, 1.807) is 5.01 Å². The minimum Gasteiger partial charge on any atom is -0.303 e. The van der Waals surface area contributed by atoms with Gasteiger partial charge in [0.15, 0.2) is 0 Å². The maximum atomic E-state index is 10.6. The average molecular weight is 271 g/mol. The Labute approximate surface area is 120 Å². The number of aldehydes is 1. The first kappa shape index (κ1) is 15.9. The van der Waals surface area contributed by atoms with Crippen molar-refractivity contribution < 1.29 is 4.79 Å². The van der Waals surface area contributed by atoms with Crippen molar-refractivity contribution in [2.75, 3.05) is 13.6 Å². The molecule has 1 aromatic heterocycles. The molecule has 1 rings (SSSR count). The predicted molar refractivity (Wildman–Crippen MR) is 81.5 cm³/mol. The summed E-state index contributed by atoms with van der Waals surface area (Å²) in [5.41, 5.74) is 2.73. The highest BCUT2D eigenvalue weighted by Crippen LogP contribution is 2.06. The quantitative estimate of drug-likeness (QED) is 0.345. The van der Waals surface area contributed by atoms with Gasteiger partial charge in [0.2, 0.25) is 0 Å². The Balaban J connectivity index is 2.87. The number of pyridine rings is 1. The van der Waals surface area contributed by atoms with Gasteiger partial charge in [0.05, 0.1) is 18.0 Å². The second-order valence-electron chi connectivity index (χ2n) is 4.50. The first-order chi connectivity index (χ1) is 9.67. The van der Waals surface area contributed by atoms with Crippen molar-refractivity contribution in [2.45, 2.75) is 33.1 Å². The lowest BCUT2D eigenvalue weighted by Gasteiger charge is -2.12. The van der Waals surface area contributed by atoms with E-state index in [0.717, 1.165) is 29.7 Å². The molecule has 0 bridgehead atoms. The normalized spacial score (nSPS) is 10.7. The molecule has 0 aliphatic rings. The first-order valence-electron chi connectivity index (χ1n) is 6.78. The zero-order valence-corrected chi connectivity index (χ0v) is 12.4. The van der Waals surface area contributed by atoms with Gasteiger partial charge in [-0.05, 0) is 18.6 Å². The molecule has 0 spiro atoms. The number of carbonyl (C=O) groups excluding carboxylic acids is 1. The van der Waals surface area contributed by atoms with Crippen molar-refractivity contribution in [2.24, 2.45) is 5.10 Å². The summed E-state index contributed by atoms with van der Waals surface area (Å²) in [5, 5.41) is 6.29. The third-order valence-electron chi connectivity index (χ3n) is 2.61. The number of hydrogen-bond acceptors (Lipinski definition) is 4. The van der Waals surface area contributed by atoms with Crippen molar-refractivity contribution >= 4 is 12.0 Å². The molecular formula is C16H21N3O. The van der Waals surface area contributed by atoms with Crippen LogP contribution in [0.1, 0.15) is 37.4 Å². The largest absolute Gasteiger partial charge is 0.303 e. The first-order valence-corrected chi connectivity index (χ1v) is 6.78. The molecule has 0 aliphatic carbocycles. The fourth-order valence-corrected chi connectivity index (χ4v) is 1.60. The maximum absolute atomic E-state index is 10.6. The van der Waals surface area contributed by atoms with Gasteiger partial charge in [-0.1, -0.05) is 18.9 Å². The second-order valence-corrected chi connectivity index (χ2v) is 4.50. The fourth-order valence-electron chi connectivity index (χ4n) is 1.60. The number of hydrazone groups is 1. The minimum absolute atomic E-state index is 0.447. The summed E-state index contributed by atoms with van der Waals surface area (Å²) in [5.74, 6) is 6.05. The van der Waals surface area contributed by atoms with Gasteiger partial charge in [-0.15, -0.1) is 5.92 Å². The van der Waals surface area contributed by atoms with Gasteiger partial charge in [0.25, 0.3) is 0 Å². The molecule has 4 nitrogen and oxygen atoms in total. The minimum atomic E-state index is 0.447. The molecule has 1 heterocycles. The fraction of sp³-hybridized carbons (Fsp3) is 0.438. The van der Waals surface area contributed by atoms with Crippen LogP contribution in [0.25, 0.3) is 0 Å². The zero-order chi connectivity index (χ0) is 14.8. The molecule has 0 radical (unpaired) electrons. The van der Waals surface area contributed by atoms with Crippen LogP contribution in [0.3, 0.4) is 0 Å². The Morgan fingerprint density at radius 2 is 2.25 bits per heavy atom. The van der Waals surface area contributed by atoms with E-state index in [2.05, 4.69) is 21.9 Å². The van der Waals surface area contributed by atoms with Gasteiger partial charge in [-0.3, -0.25) is 9.99 Å². The molecule has 0 saturated carbocycles. The molecule has 1 aromatic rings. The summed E-state index contributed by atoms with van der Waals surface area (Å²) in [7, 11) is 1.87. The molecule has 0 aromatic carbocycles. The number of carbonyl (C=O) groups is 1. The number of aromatic nitrogens is 1. The third kappa shape index (κ3) is 5.66. The number of hydrogen-bond donors (Lipinski definition) is 0. The molecule has 0 saturated heterocycles. The summed E-state index contributed by atoms with van der Waals surface area (Å²) < 4.78 is 0. The lowest BCUT2D eigenvalue weighted by molar-refractivity contribution is -0.107. The molecule has 0 N–H and O–H groups in total. The number of rotatable bonds is 6. The Morgan fingerprint density at radius 3 is 2.85 bits per heavy atom. The van der Waals surface area contributed by atoms with E-state index in [4.69, 9.17) is 0 Å². The lowest BCUT2D eigenvalue weighted by Crippen LogP contribution is -2.16. The van der Waals surface area contributed by atoms with Crippen LogP contribution >= 0.6 is 0 Å². The zero-order valence-electron chi connectivity index (χ0n) is 12.4. The van der Waals surface area contributed by atoms with Crippen LogP contribution in [0.4, 0.5) is 0 Å². The molecule has 106 valence electrons. The van der Waals surface area contributed by atoms with Crippen molar-refractivity contribution in [1.82, 2.24) is 9.99 Å². The van der Waals surface area contributed by atoms with E-state index in [1.807, 2.05) is 39.2 Å². The van der Waals surface area contributed by atoms with E-state index < -0.39 is 0 Å². The molecule has 4 heteroatoms. The molecule has 0 fully saturated rings. The second kappa shape index (κ2) is 8.87. The van der Waals surface area contributed by atoms with Gasteiger partial charge in [-0.25, -0.2) is 0 Å². The summed E-state index contributed by atoms with van der Waals surface area (Å²) in [4.78, 5) is 15.0. The molecule has 0 atom stereocenters. The van der Waals surface area contributed by atoms with Crippen LogP contribution in [-0.4, -0.2) is 35.6 Å². The lowest BCUT2D eigenvalue weighted by atomic mass is 10.1. The number of nitrogens with zero attached hydrogens (tertiary/aromatic N) is 3. The van der Waals surface area contributed by atoms with Gasteiger partial charge in [0.1, 0.15) is 6.29 Å². The van der Waals surface area contributed by atoms with E-state index in [1.165, 1.54) is 0 Å². The van der Waals surface area contributed by atoms with E-state index >= 15 is 0 Å². The smallest absolute Gasteiger partial charge is 0.120 e. The molecule has 0 amide bonds. The van der Waals surface area contributed by atoms with Crippen molar-refractivity contribution in [3.8, 4) is 11.8 Å². The molecule has 20 heavy (non-hydrogen) atoms. The number of aryl methyl sites for hydroxylation is 1. The summed E-state index contributed by atoms with van der Waals surface area (Å²) in [6.45, 7) is 4.58. The monoisotopic (exact) mass is 271 g/mol. The van der Waals surface area contributed by atoms with Crippen LogP contribution in [0.5, 0.6) is 0 Å². The van der Waals surface area contributed by atoms with Crippen LogP contribution in [0, 0.1) is 18.8 Å². The van der Waals surface area contributed by atoms with E-state index in [9.17, 15) is 4.79 Å². The van der Waals surface area contributed by atoms with Gasteiger partial charge in [-0.2, -0.15) is 5.10 Å².